The molecule has 0 bridgehead atoms. The second kappa shape index (κ2) is 8.07. The Balaban J connectivity index is 0.000000167. The molecule has 3 aromatic rings. The van der Waals surface area contributed by atoms with Gasteiger partial charge < -0.3 is 5.32 Å². The van der Waals surface area contributed by atoms with Crippen LogP contribution in [0.3, 0.4) is 0 Å². The van der Waals surface area contributed by atoms with E-state index in [2.05, 4.69) is 10.7 Å². The van der Waals surface area contributed by atoms with E-state index in [4.69, 9.17) is 0 Å². The number of nitrogens with zero attached hydrogens (tertiary/aromatic N) is 1. The summed E-state index contributed by atoms with van der Waals surface area (Å²) in [7, 11) is 0. The van der Waals surface area contributed by atoms with Gasteiger partial charge in [0.2, 0.25) is 0 Å². The van der Waals surface area contributed by atoms with Crippen molar-refractivity contribution in [2.75, 3.05) is 26.2 Å². The Hall–Kier alpha value is -2.78. The van der Waals surface area contributed by atoms with Crippen molar-refractivity contribution < 1.29 is 22.4 Å². The Kier molecular flexibility index (Phi) is 5.76. The molecule has 4 rings (SSSR count). The molecule has 1 aliphatic heterocycles. The summed E-state index contributed by atoms with van der Waals surface area (Å²) in [6.07, 6.45) is -4.35. The molecule has 2 N–H and O–H groups in total. The molecule has 0 saturated carbocycles. The minimum atomic E-state index is -4.35. The molecule has 1 heterocycles. The summed E-state index contributed by atoms with van der Waals surface area (Å²) in [5.41, 5.74) is 2.23. The smallest absolute Gasteiger partial charge is 0.314 e. The Bertz CT molecular complexity index is 970. The van der Waals surface area contributed by atoms with Gasteiger partial charge in [0.25, 0.3) is 5.91 Å². The number of nitrogens with one attached hydrogen (secondary N) is 2. The van der Waals surface area contributed by atoms with Gasteiger partial charge in [-0.2, -0.15) is 13.2 Å². The summed E-state index contributed by atoms with van der Waals surface area (Å²) in [4.78, 5) is 22.4. The summed E-state index contributed by atoms with van der Waals surface area (Å²) in [6.45, 7) is 3.30. The number of halogens is 4. The molecule has 0 unspecified atom stereocenters. The molecule has 0 aromatic heterocycles. The van der Waals surface area contributed by atoms with E-state index in [9.17, 15) is 27.2 Å². The third-order valence-electron chi connectivity index (χ3n) is 4.26. The largest absolute Gasteiger partial charge is 0.416 e. The zero-order valence-corrected chi connectivity index (χ0v) is 14.6. The number of benzene rings is 2. The van der Waals surface area contributed by atoms with Gasteiger partial charge in [-0.25, -0.2) is 9.40 Å². The van der Waals surface area contributed by atoms with Gasteiger partial charge in [0.15, 0.2) is 5.43 Å². The van der Waals surface area contributed by atoms with Crippen LogP contribution in [0.4, 0.5) is 17.6 Å². The average molecular weight is 395 g/mol. The summed E-state index contributed by atoms with van der Waals surface area (Å²) in [6, 6.07) is 8.54. The fourth-order valence-corrected chi connectivity index (χ4v) is 2.65. The standard InChI is InChI=1S/C11H14FN3O.C8H3F3O/c12-10-3-1-9(2-4-10)11(16)14-15-7-5-13-6-8-15;9-8(10,11)4-1-2-5-6(3-4)7(5)12/h1-4,13H,5-8H2,(H,14,16);1-3H. The Morgan fingerprint density at radius 2 is 1.64 bits per heavy atom. The van der Waals surface area contributed by atoms with Crippen molar-refractivity contribution in [1.82, 2.24) is 15.8 Å². The highest BCUT2D eigenvalue weighted by Gasteiger charge is 2.31. The van der Waals surface area contributed by atoms with E-state index in [1.54, 1.807) is 0 Å². The van der Waals surface area contributed by atoms with Crippen LogP contribution in [0, 0.1) is 5.82 Å². The number of hydrogen-bond donors (Lipinski definition) is 2. The van der Waals surface area contributed by atoms with Crippen molar-refractivity contribution in [1.29, 1.82) is 0 Å². The van der Waals surface area contributed by atoms with Crippen LogP contribution >= 0.6 is 0 Å². The maximum atomic E-state index is 12.7. The maximum absolute atomic E-state index is 12.7. The quantitative estimate of drug-likeness (QED) is 0.655. The van der Waals surface area contributed by atoms with Crippen LogP contribution in [0.25, 0.3) is 10.8 Å². The molecule has 3 aromatic carbocycles. The van der Waals surface area contributed by atoms with Crippen LogP contribution in [0.5, 0.6) is 0 Å². The Morgan fingerprint density at radius 1 is 1.00 bits per heavy atom. The van der Waals surface area contributed by atoms with Crippen molar-refractivity contribution in [2.45, 2.75) is 6.18 Å². The molecule has 1 amide bonds. The van der Waals surface area contributed by atoms with E-state index in [0.29, 0.717) is 10.9 Å². The molecule has 0 aliphatic carbocycles. The van der Waals surface area contributed by atoms with Crippen LogP contribution in [0.1, 0.15) is 15.9 Å². The predicted octanol–water partition coefficient (Wildman–Crippen LogP) is 2.47. The van der Waals surface area contributed by atoms with E-state index >= 15 is 0 Å². The van der Waals surface area contributed by atoms with Crippen LogP contribution in [-0.4, -0.2) is 37.1 Å². The molecular weight excluding hydrogens is 378 g/mol. The molecule has 1 aliphatic rings. The number of fused-ring (bicyclic) bond motifs is 1. The lowest BCUT2D eigenvalue weighted by Crippen LogP contribution is -2.52. The third kappa shape index (κ3) is 4.93. The number of carbonyl (C=O) groups excluding carboxylic acids is 1. The monoisotopic (exact) mass is 395 g/mol. The zero-order valence-electron chi connectivity index (χ0n) is 14.6. The average Bonchev–Trinajstić information content (AvgIpc) is 3.32. The van der Waals surface area contributed by atoms with Crippen molar-refractivity contribution in [2.24, 2.45) is 0 Å². The van der Waals surface area contributed by atoms with Crippen LogP contribution < -0.4 is 16.2 Å². The predicted molar refractivity (Wildman–Crippen MR) is 95.9 cm³/mol. The number of carbonyl (C=O) groups is 1. The second-order valence-electron chi connectivity index (χ2n) is 6.27. The van der Waals surface area contributed by atoms with Crippen molar-refractivity contribution >= 4 is 16.7 Å². The topological polar surface area (TPSA) is 61.4 Å². The van der Waals surface area contributed by atoms with E-state index in [0.717, 1.165) is 38.3 Å². The lowest BCUT2D eigenvalue weighted by molar-refractivity contribution is -0.137. The first-order valence-electron chi connectivity index (χ1n) is 8.54. The Labute approximate surface area is 157 Å². The summed E-state index contributed by atoms with van der Waals surface area (Å²) < 4.78 is 48.7. The fourth-order valence-electron chi connectivity index (χ4n) is 2.65. The highest BCUT2D eigenvalue weighted by atomic mass is 19.4. The van der Waals surface area contributed by atoms with Gasteiger partial charge >= 0.3 is 6.18 Å². The lowest BCUT2D eigenvalue weighted by atomic mass is 10.2. The number of hydrogen-bond acceptors (Lipinski definition) is 4. The zero-order chi connectivity index (χ0) is 20.3. The van der Waals surface area contributed by atoms with E-state index in [-0.39, 0.29) is 22.5 Å². The molecule has 148 valence electrons. The Morgan fingerprint density at radius 3 is 2.21 bits per heavy atom. The fraction of sp³-hybridized carbons (Fsp3) is 0.263. The van der Waals surface area contributed by atoms with Gasteiger partial charge in [-0.3, -0.25) is 15.0 Å². The van der Waals surface area contributed by atoms with Gasteiger partial charge in [-0.1, -0.05) is 0 Å². The first-order chi connectivity index (χ1) is 13.3. The third-order valence-corrected chi connectivity index (χ3v) is 4.26. The molecule has 9 heteroatoms. The highest BCUT2D eigenvalue weighted by Crippen LogP contribution is 2.31. The molecule has 0 radical (unpaired) electrons. The first kappa shape index (κ1) is 20.0. The molecule has 1 saturated heterocycles. The molecule has 0 atom stereocenters. The maximum Gasteiger partial charge on any atom is 0.416 e. The van der Waals surface area contributed by atoms with Crippen LogP contribution in [0.15, 0.2) is 47.3 Å². The minimum Gasteiger partial charge on any atom is -0.314 e. The van der Waals surface area contributed by atoms with Gasteiger partial charge in [0.05, 0.1) is 5.56 Å². The van der Waals surface area contributed by atoms with E-state index in [1.807, 2.05) is 5.01 Å². The van der Waals surface area contributed by atoms with Crippen molar-refractivity contribution in [3.8, 4) is 0 Å². The lowest BCUT2D eigenvalue weighted by Gasteiger charge is -2.27. The van der Waals surface area contributed by atoms with Gasteiger partial charge in [0, 0.05) is 42.5 Å². The number of piperazine rings is 1. The van der Waals surface area contributed by atoms with Crippen LogP contribution in [-0.2, 0) is 6.18 Å². The first-order valence-corrected chi connectivity index (χ1v) is 8.54. The van der Waals surface area contributed by atoms with Crippen LogP contribution in [0.2, 0.25) is 0 Å². The SMILES string of the molecule is O=C(NN1CCNCC1)c1ccc(F)cc1.O=c1c2ccc(C(F)(F)F)cc12. The molecule has 1 fully saturated rings. The number of amides is 1. The van der Waals surface area contributed by atoms with Gasteiger partial charge in [-0.05, 0) is 42.5 Å². The van der Waals surface area contributed by atoms with Gasteiger partial charge in [-0.15, -0.1) is 0 Å². The van der Waals surface area contributed by atoms with E-state index in [1.165, 1.54) is 30.3 Å². The molecule has 0 spiro atoms. The number of hydrazine groups is 1. The van der Waals surface area contributed by atoms with Gasteiger partial charge in [0.1, 0.15) is 5.82 Å². The number of rotatable bonds is 2. The normalized spacial score (nSPS) is 15.3. The summed E-state index contributed by atoms with van der Waals surface area (Å²) in [5, 5.41) is 5.66. The van der Waals surface area contributed by atoms with Crippen molar-refractivity contribution in [3.63, 3.8) is 0 Å². The number of alkyl halides is 3. The minimum absolute atomic E-state index is 0.193. The molecule has 28 heavy (non-hydrogen) atoms. The molecule has 5 nitrogen and oxygen atoms in total. The van der Waals surface area contributed by atoms with Crippen molar-refractivity contribution in [3.05, 3.63) is 69.6 Å². The summed E-state index contributed by atoms with van der Waals surface area (Å²) in [5.74, 6) is -0.527. The summed E-state index contributed by atoms with van der Waals surface area (Å²) >= 11 is 0. The van der Waals surface area contributed by atoms with E-state index < -0.39 is 11.7 Å². The highest BCUT2D eigenvalue weighted by molar-refractivity contribution is 5.97. The second-order valence-corrected chi connectivity index (χ2v) is 6.27. The molecular formula is C19H17F4N3O2.